The maximum absolute atomic E-state index is 12.6. The van der Waals surface area contributed by atoms with E-state index in [1.54, 1.807) is 35.5 Å². The minimum absolute atomic E-state index is 0.142. The molecule has 1 aromatic carbocycles. The Hall–Kier alpha value is -3.68. The summed E-state index contributed by atoms with van der Waals surface area (Å²) in [5, 5.41) is 5.68. The van der Waals surface area contributed by atoms with E-state index in [0.717, 1.165) is 17.2 Å². The van der Waals surface area contributed by atoms with Crippen molar-refractivity contribution in [2.45, 2.75) is 13.5 Å². The molecule has 3 heterocycles. The van der Waals surface area contributed by atoms with Crippen LogP contribution < -0.4 is 15.5 Å². The zero-order valence-electron chi connectivity index (χ0n) is 15.4. The fourth-order valence-corrected chi connectivity index (χ4v) is 3.14. The van der Waals surface area contributed by atoms with Crippen molar-refractivity contribution < 1.29 is 9.59 Å². The summed E-state index contributed by atoms with van der Waals surface area (Å²) < 4.78 is 1.88. The van der Waals surface area contributed by atoms with Crippen LogP contribution in [0.4, 0.5) is 10.5 Å². The number of carbonyl (C=O) groups excluding carboxylic acids is 2. The van der Waals surface area contributed by atoms with Crippen molar-refractivity contribution >= 4 is 17.6 Å². The van der Waals surface area contributed by atoms with Gasteiger partial charge in [-0.3, -0.25) is 14.3 Å². The van der Waals surface area contributed by atoms with Gasteiger partial charge >= 0.3 is 6.03 Å². The summed E-state index contributed by atoms with van der Waals surface area (Å²) in [6.07, 6.45) is 5.28. The average Bonchev–Trinajstić information content (AvgIpc) is 3.34. The lowest BCUT2D eigenvalue weighted by molar-refractivity contribution is 0.0951. The van der Waals surface area contributed by atoms with E-state index < -0.39 is 0 Å². The van der Waals surface area contributed by atoms with Crippen LogP contribution in [0.15, 0.2) is 55.0 Å². The molecule has 2 aromatic heterocycles. The molecule has 0 saturated carbocycles. The summed E-state index contributed by atoms with van der Waals surface area (Å²) >= 11 is 0. The first-order valence-electron chi connectivity index (χ1n) is 9.01. The first-order valence-corrected chi connectivity index (χ1v) is 9.01. The maximum Gasteiger partial charge on any atom is 0.321 e. The van der Waals surface area contributed by atoms with E-state index in [1.165, 1.54) is 0 Å². The van der Waals surface area contributed by atoms with Gasteiger partial charge in [-0.1, -0.05) is 6.07 Å². The van der Waals surface area contributed by atoms with E-state index >= 15 is 0 Å². The molecule has 3 aromatic rings. The normalized spacial score (nSPS) is 13.5. The van der Waals surface area contributed by atoms with Gasteiger partial charge in [-0.15, -0.1) is 0 Å². The van der Waals surface area contributed by atoms with Crippen LogP contribution in [0.25, 0.3) is 5.82 Å². The van der Waals surface area contributed by atoms with E-state index in [9.17, 15) is 9.59 Å². The molecular weight excluding hydrogens is 356 g/mol. The Labute approximate surface area is 162 Å². The van der Waals surface area contributed by atoms with Crippen LogP contribution in [0.3, 0.4) is 0 Å². The highest BCUT2D eigenvalue weighted by Gasteiger charge is 2.21. The van der Waals surface area contributed by atoms with Crippen LogP contribution in [-0.2, 0) is 6.54 Å². The minimum atomic E-state index is -0.196. The third-order valence-corrected chi connectivity index (χ3v) is 4.61. The Kier molecular flexibility index (Phi) is 4.76. The molecule has 1 aliphatic heterocycles. The van der Waals surface area contributed by atoms with Crippen molar-refractivity contribution in [1.29, 1.82) is 0 Å². The minimum Gasteiger partial charge on any atom is -0.348 e. The number of urea groups is 1. The van der Waals surface area contributed by atoms with Crippen LogP contribution in [0.1, 0.15) is 21.7 Å². The predicted octanol–water partition coefficient (Wildman–Crippen LogP) is 2.04. The van der Waals surface area contributed by atoms with Gasteiger partial charge in [0.05, 0.1) is 0 Å². The Morgan fingerprint density at radius 3 is 2.86 bits per heavy atom. The number of hydrogen-bond acceptors (Lipinski definition) is 4. The summed E-state index contributed by atoms with van der Waals surface area (Å²) in [4.78, 5) is 34.6. The summed E-state index contributed by atoms with van der Waals surface area (Å²) in [5.74, 6) is 1.40. The van der Waals surface area contributed by atoms with Crippen molar-refractivity contribution in [3.8, 4) is 5.82 Å². The Morgan fingerprint density at radius 1 is 1.21 bits per heavy atom. The quantitative estimate of drug-likeness (QED) is 0.713. The molecule has 3 amide bonds. The molecule has 28 heavy (non-hydrogen) atoms. The molecular formula is C20H20N6O2. The number of pyridine rings is 1. The lowest BCUT2D eigenvalue weighted by atomic mass is 10.1. The Morgan fingerprint density at radius 2 is 2.11 bits per heavy atom. The van der Waals surface area contributed by atoms with Crippen LogP contribution in [0, 0.1) is 6.92 Å². The van der Waals surface area contributed by atoms with Crippen LogP contribution in [0.2, 0.25) is 0 Å². The largest absolute Gasteiger partial charge is 0.348 e. The van der Waals surface area contributed by atoms with Gasteiger partial charge in [0.25, 0.3) is 5.91 Å². The van der Waals surface area contributed by atoms with Crippen LogP contribution in [0.5, 0.6) is 0 Å². The van der Waals surface area contributed by atoms with E-state index in [-0.39, 0.29) is 11.9 Å². The van der Waals surface area contributed by atoms with E-state index in [2.05, 4.69) is 20.6 Å². The second-order valence-electron chi connectivity index (χ2n) is 6.48. The lowest BCUT2D eigenvalue weighted by Gasteiger charge is -2.15. The van der Waals surface area contributed by atoms with E-state index in [1.807, 2.05) is 35.9 Å². The van der Waals surface area contributed by atoms with Gasteiger partial charge in [-0.25, -0.2) is 14.8 Å². The molecule has 142 valence electrons. The summed E-state index contributed by atoms with van der Waals surface area (Å²) in [5.41, 5.74) is 2.16. The van der Waals surface area contributed by atoms with Crippen molar-refractivity contribution in [1.82, 2.24) is 25.2 Å². The summed E-state index contributed by atoms with van der Waals surface area (Å²) in [6.45, 7) is 3.48. The highest BCUT2D eigenvalue weighted by molar-refractivity contribution is 5.98. The molecule has 8 heteroatoms. The van der Waals surface area contributed by atoms with Crippen molar-refractivity contribution in [3.05, 3.63) is 71.9 Å². The molecule has 2 N–H and O–H groups in total. The molecule has 1 fully saturated rings. The number of anilines is 1. The Balaban J connectivity index is 1.45. The molecule has 0 unspecified atom stereocenters. The number of aryl methyl sites for hydroxylation is 1. The molecule has 0 bridgehead atoms. The number of nitrogens with zero attached hydrogens (tertiary/aromatic N) is 4. The molecule has 0 spiro atoms. The number of benzene rings is 1. The molecule has 0 atom stereocenters. The predicted molar refractivity (Wildman–Crippen MR) is 104 cm³/mol. The second kappa shape index (κ2) is 7.51. The third kappa shape index (κ3) is 3.57. The van der Waals surface area contributed by atoms with Crippen LogP contribution >= 0.6 is 0 Å². The lowest BCUT2D eigenvalue weighted by Crippen LogP contribution is -2.28. The van der Waals surface area contributed by atoms with Crippen molar-refractivity contribution in [3.63, 3.8) is 0 Å². The maximum atomic E-state index is 12.6. The highest BCUT2D eigenvalue weighted by Crippen LogP contribution is 2.18. The number of nitrogens with one attached hydrogen (secondary N) is 2. The molecule has 0 aliphatic carbocycles. The monoisotopic (exact) mass is 376 g/mol. The van der Waals surface area contributed by atoms with Crippen LogP contribution in [-0.4, -0.2) is 39.6 Å². The fraction of sp³-hybridized carbons (Fsp3) is 0.200. The first-order chi connectivity index (χ1) is 13.6. The number of rotatable bonds is 5. The van der Waals surface area contributed by atoms with E-state index in [0.29, 0.717) is 30.9 Å². The van der Waals surface area contributed by atoms with Crippen molar-refractivity contribution in [2.75, 3.05) is 18.0 Å². The standard InChI is InChI=1S/C20H20N6O2/c1-14-21-7-9-25(14)18-11-15(5-6-22-18)13-24-19(27)16-3-2-4-17(12-16)26-10-8-23-20(26)28/h2-7,9,11-12H,8,10,13H2,1H3,(H,23,28)(H,24,27). The number of imidazole rings is 1. The van der Waals surface area contributed by atoms with Gasteiger partial charge < -0.3 is 10.6 Å². The third-order valence-electron chi connectivity index (χ3n) is 4.61. The van der Waals surface area contributed by atoms with Gasteiger partial charge in [0.15, 0.2) is 0 Å². The zero-order valence-corrected chi connectivity index (χ0v) is 15.4. The molecule has 1 saturated heterocycles. The molecule has 1 aliphatic rings. The number of carbonyl (C=O) groups is 2. The summed E-state index contributed by atoms with van der Waals surface area (Å²) in [6, 6.07) is 10.7. The molecule has 4 rings (SSSR count). The topological polar surface area (TPSA) is 92.2 Å². The number of amides is 3. The second-order valence-corrected chi connectivity index (χ2v) is 6.48. The molecule has 0 radical (unpaired) electrons. The smallest absolute Gasteiger partial charge is 0.321 e. The van der Waals surface area contributed by atoms with Gasteiger partial charge in [-0.2, -0.15) is 0 Å². The number of aromatic nitrogens is 3. The zero-order chi connectivity index (χ0) is 19.5. The van der Waals surface area contributed by atoms with Gasteiger partial charge in [0, 0.05) is 49.5 Å². The van der Waals surface area contributed by atoms with Gasteiger partial charge in [-0.05, 0) is 42.8 Å². The Bertz CT molecular complexity index is 1030. The number of hydrogen-bond donors (Lipinski definition) is 2. The fourth-order valence-electron chi connectivity index (χ4n) is 3.14. The van der Waals surface area contributed by atoms with Gasteiger partial charge in [0.1, 0.15) is 11.6 Å². The highest BCUT2D eigenvalue weighted by atomic mass is 16.2. The van der Waals surface area contributed by atoms with Crippen molar-refractivity contribution in [2.24, 2.45) is 0 Å². The SMILES string of the molecule is Cc1nccn1-c1cc(CNC(=O)c2cccc(N3CCNC3=O)c2)ccn1. The molecule has 8 nitrogen and oxygen atoms in total. The van der Waals surface area contributed by atoms with E-state index in [4.69, 9.17) is 0 Å². The first kappa shape index (κ1) is 17.7. The van der Waals surface area contributed by atoms with Gasteiger partial charge in [0.2, 0.25) is 0 Å². The summed E-state index contributed by atoms with van der Waals surface area (Å²) in [7, 11) is 0. The average molecular weight is 376 g/mol.